The Labute approximate surface area is 154 Å². The normalized spacial score (nSPS) is 18.1. The number of likely N-dealkylation sites (tertiary alicyclic amines) is 1. The molecule has 0 aliphatic carbocycles. The third-order valence-corrected chi connectivity index (χ3v) is 5.51. The number of benzene rings is 2. The highest BCUT2D eigenvalue weighted by Gasteiger charge is 2.16. The molecule has 0 spiro atoms. The van der Waals surface area contributed by atoms with Crippen LogP contribution in [0, 0.1) is 5.92 Å². The van der Waals surface area contributed by atoms with Crippen LogP contribution in [0.3, 0.4) is 0 Å². The van der Waals surface area contributed by atoms with Crippen molar-refractivity contribution in [2.75, 3.05) is 24.7 Å². The number of para-hydroxylation sites is 1. The third-order valence-electron chi connectivity index (χ3n) is 4.72. The van der Waals surface area contributed by atoms with E-state index in [1.807, 2.05) is 42.7 Å². The first-order chi connectivity index (χ1) is 12.2. The molecule has 132 valence electrons. The van der Waals surface area contributed by atoms with Crippen LogP contribution in [0.5, 0.6) is 0 Å². The molecule has 4 heteroatoms. The molecule has 0 bridgehead atoms. The van der Waals surface area contributed by atoms with E-state index in [0.717, 1.165) is 23.0 Å². The number of hydrogen-bond donors (Lipinski definition) is 1. The largest absolute Gasteiger partial charge is 0.321 e. The molecule has 1 saturated heterocycles. The van der Waals surface area contributed by atoms with Crippen LogP contribution in [0.15, 0.2) is 53.4 Å². The molecule has 3 rings (SSSR count). The van der Waals surface area contributed by atoms with Crippen molar-refractivity contribution in [3.8, 4) is 0 Å². The number of carbonyl (C=O) groups excluding carboxylic acids is 1. The van der Waals surface area contributed by atoms with E-state index in [9.17, 15) is 4.79 Å². The van der Waals surface area contributed by atoms with Crippen molar-refractivity contribution >= 4 is 23.4 Å². The van der Waals surface area contributed by atoms with Gasteiger partial charge in [-0.25, -0.2) is 0 Å². The number of hydrogen-bond acceptors (Lipinski definition) is 3. The molecular weight excluding hydrogens is 328 g/mol. The monoisotopic (exact) mass is 354 g/mol. The summed E-state index contributed by atoms with van der Waals surface area (Å²) in [6.45, 7) is 5.65. The van der Waals surface area contributed by atoms with Gasteiger partial charge in [0.25, 0.3) is 5.91 Å². The summed E-state index contributed by atoms with van der Waals surface area (Å²) in [5.41, 5.74) is 2.84. The van der Waals surface area contributed by atoms with E-state index in [2.05, 4.69) is 29.3 Å². The molecule has 2 aromatic rings. The highest BCUT2D eigenvalue weighted by Crippen LogP contribution is 2.25. The van der Waals surface area contributed by atoms with Crippen molar-refractivity contribution in [2.24, 2.45) is 5.92 Å². The summed E-state index contributed by atoms with van der Waals surface area (Å²) in [5.74, 6) is 0.731. The summed E-state index contributed by atoms with van der Waals surface area (Å²) in [7, 11) is 0. The number of nitrogens with zero attached hydrogens (tertiary/aromatic N) is 1. The Morgan fingerprint density at radius 2 is 1.96 bits per heavy atom. The average Bonchev–Trinajstić information content (AvgIpc) is 2.63. The highest BCUT2D eigenvalue weighted by atomic mass is 32.2. The second-order valence-corrected chi connectivity index (χ2v) is 7.68. The molecule has 1 aliphatic rings. The fourth-order valence-electron chi connectivity index (χ4n) is 3.39. The maximum Gasteiger partial charge on any atom is 0.255 e. The van der Waals surface area contributed by atoms with Gasteiger partial charge in [0, 0.05) is 23.5 Å². The van der Waals surface area contributed by atoms with E-state index < -0.39 is 0 Å². The molecule has 1 unspecified atom stereocenters. The average molecular weight is 355 g/mol. The van der Waals surface area contributed by atoms with Gasteiger partial charge >= 0.3 is 0 Å². The topological polar surface area (TPSA) is 32.3 Å². The van der Waals surface area contributed by atoms with Gasteiger partial charge in [-0.2, -0.15) is 0 Å². The summed E-state index contributed by atoms with van der Waals surface area (Å²) in [4.78, 5) is 16.1. The van der Waals surface area contributed by atoms with Gasteiger partial charge in [-0.15, -0.1) is 11.8 Å². The molecule has 2 aromatic carbocycles. The van der Waals surface area contributed by atoms with Crippen LogP contribution in [0.4, 0.5) is 5.69 Å². The van der Waals surface area contributed by atoms with Crippen molar-refractivity contribution < 1.29 is 4.79 Å². The second-order valence-electron chi connectivity index (χ2n) is 6.83. The number of carbonyl (C=O) groups is 1. The molecule has 0 aromatic heterocycles. The lowest BCUT2D eigenvalue weighted by molar-refractivity contribution is 0.102. The SMILES string of the molecule is CSc1ccccc1NC(=O)c1ccc(CN2CCCC(C)C2)cc1. The number of anilines is 1. The Balaban J connectivity index is 1.62. The van der Waals surface area contributed by atoms with Crippen LogP contribution < -0.4 is 5.32 Å². The Morgan fingerprint density at radius 1 is 1.20 bits per heavy atom. The number of rotatable bonds is 5. The molecule has 25 heavy (non-hydrogen) atoms. The van der Waals surface area contributed by atoms with Gasteiger partial charge in [0.15, 0.2) is 0 Å². The maximum atomic E-state index is 12.5. The van der Waals surface area contributed by atoms with Crippen molar-refractivity contribution in [3.05, 3.63) is 59.7 Å². The predicted molar refractivity (Wildman–Crippen MR) is 106 cm³/mol. The molecular formula is C21H26N2OS. The predicted octanol–water partition coefficient (Wildman–Crippen LogP) is 4.89. The van der Waals surface area contributed by atoms with E-state index in [1.54, 1.807) is 11.8 Å². The summed E-state index contributed by atoms with van der Waals surface area (Å²) in [5, 5.41) is 3.01. The zero-order chi connectivity index (χ0) is 17.6. The van der Waals surface area contributed by atoms with Gasteiger partial charge in [0.2, 0.25) is 0 Å². The van der Waals surface area contributed by atoms with Crippen molar-refractivity contribution in [1.29, 1.82) is 0 Å². The summed E-state index contributed by atoms with van der Waals surface area (Å²) in [6.07, 6.45) is 4.64. The summed E-state index contributed by atoms with van der Waals surface area (Å²) >= 11 is 1.63. The van der Waals surface area contributed by atoms with Crippen molar-refractivity contribution in [1.82, 2.24) is 4.90 Å². The van der Waals surface area contributed by atoms with Gasteiger partial charge in [-0.05, 0) is 61.4 Å². The zero-order valence-corrected chi connectivity index (χ0v) is 15.8. The number of piperidine rings is 1. The lowest BCUT2D eigenvalue weighted by Gasteiger charge is -2.30. The Kier molecular flexibility index (Phi) is 6.16. The van der Waals surface area contributed by atoms with Crippen LogP contribution in [-0.4, -0.2) is 30.2 Å². The number of amides is 1. The Bertz CT molecular complexity index is 714. The fraction of sp³-hybridized carbons (Fsp3) is 0.381. The van der Waals surface area contributed by atoms with E-state index in [-0.39, 0.29) is 5.91 Å². The summed E-state index contributed by atoms with van der Waals surface area (Å²) < 4.78 is 0. The lowest BCUT2D eigenvalue weighted by Crippen LogP contribution is -2.33. The molecule has 1 N–H and O–H groups in total. The van der Waals surface area contributed by atoms with Crippen LogP contribution in [-0.2, 0) is 6.54 Å². The quantitative estimate of drug-likeness (QED) is 0.776. The van der Waals surface area contributed by atoms with Gasteiger partial charge in [0.05, 0.1) is 5.69 Å². The van der Waals surface area contributed by atoms with Gasteiger partial charge in [0.1, 0.15) is 0 Å². The van der Waals surface area contributed by atoms with Crippen molar-refractivity contribution in [3.63, 3.8) is 0 Å². The third kappa shape index (κ3) is 4.86. The second kappa shape index (κ2) is 8.54. The first-order valence-corrected chi connectivity index (χ1v) is 10.1. The Hall–Kier alpha value is -1.78. The first-order valence-electron chi connectivity index (χ1n) is 8.91. The number of thioether (sulfide) groups is 1. The van der Waals surface area contributed by atoms with E-state index in [4.69, 9.17) is 0 Å². The van der Waals surface area contributed by atoms with Gasteiger partial charge < -0.3 is 5.32 Å². The first kappa shape index (κ1) is 18.0. The van der Waals surface area contributed by atoms with Gasteiger partial charge in [-0.1, -0.05) is 31.2 Å². The molecule has 1 fully saturated rings. The highest BCUT2D eigenvalue weighted by molar-refractivity contribution is 7.98. The molecule has 3 nitrogen and oxygen atoms in total. The van der Waals surface area contributed by atoms with Crippen LogP contribution in [0.2, 0.25) is 0 Å². The van der Waals surface area contributed by atoms with E-state index >= 15 is 0 Å². The molecule has 1 heterocycles. The lowest BCUT2D eigenvalue weighted by atomic mass is 9.99. The molecule has 1 amide bonds. The minimum Gasteiger partial charge on any atom is -0.321 e. The smallest absolute Gasteiger partial charge is 0.255 e. The van der Waals surface area contributed by atoms with Gasteiger partial charge in [-0.3, -0.25) is 9.69 Å². The molecule has 1 aliphatic heterocycles. The maximum absolute atomic E-state index is 12.5. The summed E-state index contributed by atoms with van der Waals surface area (Å²) in [6, 6.07) is 15.9. The van der Waals surface area contributed by atoms with Crippen LogP contribution >= 0.6 is 11.8 Å². The standard InChI is InChI=1S/C21H26N2OS/c1-16-6-5-13-23(14-16)15-17-9-11-18(12-10-17)21(24)22-19-7-3-4-8-20(19)25-2/h3-4,7-12,16H,5-6,13-15H2,1-2H3,(H,22,24). The minimum atomic E-state index is -0.0559. The van der Waals surface area contributed by atoms with E-state index in [0.29, 0.717) is 5.56 Å². The van der Waals surface area contributed by atoms with E-state index in [1.165, 1.54) is 31.5 Å². The number of nitrogens with one attached hydrogen (secondary N) is 1. The zero-order valence-electron chi connectivity index (χ0n) is 15.0. The van der Waals surface area contributed by atoms with Crippen LogP contribution in [0.1, 0.15) is 35.7 Å². The molecule has 1 atom stereocenters. The minimum absolute atomic E-state index is 0.0559. The molecule has 0 radical (unpaired) electrons. The van der Waals surface area contributed by atoms with Crippen molar-refractivity contribution in [2.45, 2.75) is 31.2 Å². The Morgan fingerprint density at radius 3 is 2.68 bits per heavy atom. The fourth-order valence-corrected chi connectivity index (χ4v) is 3.95. The van der Waals surface area contributed by atoms with Crippen LogP contribution in [0.25, 0.3) is 0 Å². The molecule has 0 saturated carbocycles.